The first-order valence-corrected chi connectivity index (χ1v) is 7.12. The molecule has 0 heterocycles. The van der Waals surface area contributed by atoms with E-state index in [0.29, 0.717) is 6.54 Å². The van der Waals surface area contributed by atoms with Crippen LogP contribution in [0.1, 0.15) is 6.92 Å². The minimum Gasteiger partial charge on any atom is -0.329 e. The van der Waals surface area contributed by atoms with Gasteiger partial charge in [-0.1, -0.05) is 0 Å². The Hall–Kier alpha value is 0.220. The molecule has 0 aliphatic rings. The van der Waals surface area contributed by atoms with Crippen molar-refractivity contribution in [1.29, 1.82) is 0 Å². The fourth-order valence-electron chi connectivity index (χ4n) is 0.240. The van der Waals surface area contributed by atoms with E-state index in [4.69, 9.17) is 31.0 Å². The zero-order chi connectivity index (χ0) is 12.0. The molecule has 0 aromatic heterocycles. The molecule has 0 spiro atoms. The lowest BCUT2D eigenvalue weighted by molar-refractivity contribution is 0.357. The number of rotatable bonds is 3. The Morgan fingerprint density at radius 2 is 1.36 bits per heavy atom. The summed E-state index contributed by atoms with van der Waals surface area (Å²) >= 11 is 0. The third-order valence-electron chi connectivity index (χ3n) is 0.740. The zero-order valence-corrected chi connectivity index (χ0v) is 9.43. The zero-order valence-electron chi connectivity index (χ0n) is 7.65. The van der Waals surface area contributed by atoms with Crippen LogP contribution >= 0.6 is 15.2 Å². The van der Waals surface area contributed by atoms with E-state index in [0.717, 1.165) is 0 Å². The van der Waals surface area contributed by atoms with Crippen molar-refractivity contribution in [2.24, 2.45) is 11.5 Å². The van der Waals surface area contributed by atoms with Gasteiger partial charge in [-0.25, -0.2) is 0 Å². The lowest BCUT2D eigenvalue weighted by Gasteiger charge is -2.03. The highest BCUT2D eigenvalue weighted by atomic mass is 31.2. The van der Waals surface area contributed by atoms with Crippen LogP contribution in [0.25, 0.3) is 0 Å². The summed E-state index contributed by atoms with van der Waals surface area (Å²) in [4.78, 5) is 31.9. The van der Waals surface area contributed by atoms with E-state index in [9.17, 15) is 9.13 Å². The summed E-state index contributed by atoms with van der Waals surface area (Å²) < 4.78 is 19.7. The molecule has 10 heteroatoms. The molecule has 1 atom stereocenters. The molecular weight excluding hydrogens is 234 g/mol. The van der Waals surface area contributed by atoms with Gasteiger partial charge in [0.1, 0.15) is 0 Å². The van der Waals surface area contributed by atoms with E-state index < -0.39 is 21.1 Å². The molecule has 0 bridgehead atoms. The van der Waals surface area contributed by atoms with E-state index in [-0.39, 0.29) is 6.04 Å². The smallest absolute Gasteiger partial charge is 0.329 e. The maximum absolute atomic E-state index is 9.85. The molecule has 0 rings (SSSR count). The van der Waals surface area contributed by atoms with Crippen LogP contribution < -0.4 is 11.5 Å². The van der Waals surface area contributed by atoms with Gasteiger partial charge in [-0.15, -0.1) is 0 Å². The molecule has 0 aliphatic carbocycles. The first kappa shape index (κ1) is 16.6. The van der Waals surface area contributed by atoms with Crippen molar-refractivity contribution in [1.82, 2.24) is 0 Å². The second-order valence-electron chi connectivity index (χ2n) is 2.68. The van der Waals surface area contributed by atoms with Gasteiger partial charge >= 0.3 is 15.2 Å². The molecular formula is C4H16N2O6P2. The second kappa shape index (κ2) is 6.66. The van der Waals surface area contributed by atoms with Crippen molar-refractivity contribution in [2.75, 3.05) is 12.4 Å². The summed E-state index contributed by atoms with van der Waals surface area (Å²) in [5.74, 6) is -1.38. The summed E-state index contributed by atoms with van der Waals surface area (Å²) in [7, 11) is -9.10. The van der Waals surface area contributed by atoms with E-state index in [1.54, 1.807) is 0 Å². The SMILES string of the molecule is CC(N)CN.O=P(O)(O)CP(=O)(O)O. The Morgan fingerprint density at radius 1 is 1.14 bits per heavy atom. The van der Waals surface area contributed by atoms with Crippen LogP contribution in [0.5, 0.6) is 0 Å². The molecule has 0 saturated carbocycles. The molecule has 0 radical (unpaired) electrons. The molecule has 0 saturated heterocycles. The van der Waals surface area contributed by atoms with Gasteiger partial charge in [-0.05, 0) is 6.92 Å². The van der Waals surface area contributed by atoms with E-state index in [1.165, 1.54) is 0 Å². The maximum Gasteiger partial charge on any atom is 0.337 e. The van der Waals surface area contributed by atoms with Gasteiger partial charge in [0, 0.05) is 12.6 Å². The predicted molar refractivity (Wildman–Crippen MR) is 51.7 cm³/mol. The molecule has 8 N–H and O–H groups in total. The molecule has 0 aliphatic heterocycles. The highest BCUT2D eigenvalue weighted by molar-refractivity contribution is 7.69. The number of hydrogen-bond donors (Lipinski definition) is 6. The van der Waals surface area contributed by atoms with Crippen molar-refractivity contribution in [2.45, 2.75) is 13.0 Å². The predicted octanol–water partition coefficient (Wildman–Crippen LogP) is -1.41. The van der Waals surface area contributed by atoms with E-state index >= 15 is 0 Å². The Kier molecular flexibility index (Phi) is 7.91. The summed E-state index contributed by atoms with van der Waals surface area (Å²) in [5, 5.41) is 0. The Bertz CT molecular complexity index is 212. The molecule has 8 nitrogen and oxygen atoms in total. The summed E-state index contributed by atoms with van der Waals surface area (Å²) in [5.41, 5.74) is 10.2. The van der Waals surface area contributed by atoms with Crippen molar-refractivity contribution in [3.8, 4) is 0 Å². The average molecular weight is 250 g/mol. The number of hydrogen-bond acceptors (Lipinski definition) is 4. The van der Waals surface area contributed by atoms with Crippen molar-refractivity contribution in [3.05, 3.63) is 0 Å². The minimum absolute atomic E-state index is 0.162. The first-order valence-electron chi connectivity index (χ1n) is 3.52. The van der Waals surface area contributed by atoms with E-state index in [2.05, 4.69) is 0 Å². The highest BCUT2D eigenvalue weighted by Gasteiger charge is 2.26. The monoisotopic (exact) mass is 250 g/mol. The Balaban J connectivity index is 0. The standard InChI is InChI=1S/C3H10N2.CH6O6P2/c1-3(5)2-4;2-8(3,4)1-9(5,6)7/h3H,2,4-5H2,1H3;1H2,(H2,2,3,4)(H2,5,6,7). The van der Waals surface area contributed by atoms with Gasteiger partial charge in [0.2, 0.25) is 0 Å². The van der Waals surface area contributed by atoms with Crippen molar-refractivity contribution in [3.63, 3.8) is 0 Å². The molecule has 0 fully saturated rings. The maximum atomic E-state index is 9.85. The van der Waals surface area contributed by atoms with Crippen LogP contribution in [-0.4, -0.2) is 38.1 Å². The molecule has 88 valence electrons. The largest absolute Gasteiger partial charge is 0.337 e. The summed E-state index contributed by atoms with van der Waals surface area (Å²) in [6.07, 6.45) is 0. The van der Waals surface area contributed by atoms with Crippen LogP contribution in [0.2, 0.25) is 0 Å². The van der Waals surface area contributed by atoms with Gasteiger partial charge < -0.3 is 31.0 Å². The number of nitrogens with two attached hydrogens (primary N) is 2. The van der Waals surface area contributed by atoms with Gasteiger partial charge in [-0.2, -0.15) is 0 Å². The highest BCUT2D eigenvalue weighted by Crippen LogP contribution is 2.51. The second-order valence-corrected chi connectivity index (χ2v) is 6.47. The van der Waals surface area contributed by atoms with Gasteiger partial charge in [0.05, 0.1) is 0 Å². The first-order chi connectivity index (χ1) is 5.98. The van der Waals surface area contributed by atoms with E-state index in [1.807, 2.05) is 6.92 Å². The molecule has 0 aromatic rings. The third-order valence-corrected chi connectivity index (χ3v) is 3.69. The molecule has 14 heavy (non-hydrogen) atoms. The topological polar surface area (TPSA) is 167 Å². The molecule has 0 amide bonds. The molecule has 0 aromatic carbocycles. The minimum atomic E-state index is -4.55. The van der Waals surface area contributed by atoms with Crippen LogP contribution in [0.15, 0.2) is 0 Å². The fraction of sp³-hybridized carbons (Fsp3) is 1.00. The Morgan fingerprint density at radius 3 is 1.36 bits per heavy atom. The van der Waals surface area contributed by atoms with Gasteiger partial charge in [-0.3, -0.25) is 9.13 Å². The average Bonchev–Trinajstić information content (AvgIpc) is 1.80. The normalized spacial score (nSPS) is 14.2. The van der Waals surface area contributed by atoms with Crippen molar-refractivity contribution < 1.29 is 28.7 Å². The van der Waals surface area contributed by atoms with Gasteiger partial charge in [0.25, 0.3) is 0 Å². The third kappa shape index (κ3) is 22.8. The van der Waals surface area contributed by atoms with Crippen molar-refractivity contribution >= 4 is 15.2 Å². The molecule has 1 unspecified atom stereocenters. The van der Waals surface area contributed by atoms with Crippen LogP contribution in [-0.2, 0) is 9.13 Å². The fourth-order valence-corrected chi connectivity index (χ4v) is 2.16. The van der Waals surface area contributed by atoms with Crippen LogP contribution in [0, 0.1) is 0 Å². The van der Waals surface area contributed by atoms with Gasteiger partial charge in [0.15, 0.2) is 5.90 Å². The van der Waals surface area contributed by atoms with Crippen LogP contribution in [0.4, 0.5) is 0 Å². The Labute approximate surface area is 81.6 Å². The lowest BCUT2D eigenvalue weighted by atomic mass is 10.4. The summed E-state index contributed by atoms with van der Waals surface area (Å²) in [6.45, 7) is 2.46. The lowest BCUT2D eigenvalue weighted by Crippen LogP contribution is -2.25. The quantitative estimate of drug-likeness (QED) is 0.332. The summed E-state index contributed by atoms with van der Waals surface area (Å²) in [6, 6.07) is 0.162. The van der Waals surface area contributed by atoms with Crippen LogP contribution in [0.3, 0.4) is 0 Å².